The van der Waals surface area contributed by atoms with Gasteiger partial charge in [0.2, 0.25) is 0 Å². The van der Waals surface area contributed by atoms with Gasteiger partial charge < -0.3 is 9.72 Å². The average Bonchev–Trinajstić information content (AvgIpc) is 2.53. The normalized spacial score (nSPS) is 11.7. The summed E-state index contributed by atoms with van der Waals surface area (Å²) in [5.41, 5.74) is -0.499. The Morgan fingerprint density at radius 1 is 1.09 bits per heavy atom. The van der Waals surface area contributed by atoms with Crippen LogP contribution in [0.2, 0.25) is 0 Å². The van der Waals surface area contributed by atoms with Gasteiger partial charge in [-0.1, -0.05) is 0 Å². The Hall–Kier alpha value is -2.83. The topological polar surface area (TPSA) is 55.0 Å². The van der Waals surface area contributed by atoms with E-state index in [9.17, 15) is 18.0 Å². The summed E-state index contributed by atoms with van der Waals surface area (Å²) >= 11 is 0. The Labute approximate surface area is 128 Å². The minimum atomic E-state index is -4.56. The van der Waals surface area contributed by atoms with Crippen LogP contribution in [0.1, 0.15) is 5.69 Å². The second-order valence-corrected chi connectivity index (χ2v) is 4.87. The van der Waals surface area contributed by atoms with E-state index in [0.717, 1.165) is 12.1 Å². The number of rotatable bonds is 2. The number of fused-ring (bicyclic) bond motifs is 1. The smallest absolute Gasteiger partial charge is 0.433 e. The Balaban J connectivity index is 2.16. The number of ether oxygens (including phenoxy) is 1. The molecule has 0 spiro atoms. The largest absolute Gasteiger partial charge is 0.497 e. The van der Waals surface area contributed by atoms with Gasteiger partial charge >= 0.3 is 6.18 Å². The van der Waals surface area contributed by atoms with Crippen molar-refractivity contribution in [2.24, 2.45) is 0 Å². The molecule has 0 aliphatic carbocycles. The van der Waals surface area contributed by atoms with Crippen LogP contribution in [0.15, 0.2) is 47.3 Å². The van der Waals surface area contributed by atoms with Crippen molar-refractivity contribution in [1.82, 2.24) is 9.97 Å². The van der Waals surface area contributed by atoms with Crippen LogP contribution in [0, 0.1) is 0 Å². The summed E-state index contributed by atoms with van der Waals surface area (Å²) in [7, 11) is 1.52. The van der Waals surface area contributed by atoms with Crippen LogP contribution >= 0.6 is 0 Å². The first kappa shape index (κ1) is 15.1. The Morgan fingerprint density at radius 3 is 2.39 bits per heavy atom. The number of aromatic nitrogens is 2. The lowest BCUT2D eigenvalue weighted by atomic mass is 10.1. The number of halogens is 3. The van der Waals surface area contributed by atoms with Crippen molar-refractivity contribution in [3.63, 3.8) is 0 Å². The second-order valence-electron chi connectivity index (χ2n) is 4.87. The highest BCUT2D eigenvalue weighted by molar-refractivity contribution is 5.81. The molecule has 0 saturated heterocycles. The number of H-pyrrole nitrogens is 1. The third-order valence-electron chi connectivity index (χ3n) is 3.39. The van der Waals surface area contributed by atoms with Gasteiger partial charge in [0.05, 0.1) is 23.7 Å². The Morgan fingerprint density at radius 2 is 1.78 bits per heavy atom. The van der Waals surface area contributed by atoms with Gasteiger partial charge in [0, 0.05) is 0 Å². The van der Waals surface area contributed by atoms with E-state index in [4.69, 9.17) is 4.74 Å². The zero-order valence-electron chi connectivity index (χ0n) is 11.9. The van der Waals surface area contributed by atoms with Gasteiger partial charge in [0.15, 0.2) is 0 Å². The van der Waals surface area contributed by atoms with Gasteiger partial charge in [-0.05, 0) is 48.0 Å². The lowest BCUT2D eigenvalue weighted by Gasteiger charge is -2.08. The Bertz CT molecular complexity index is 915. The summed E-state index contributed by atoms with van der Waals surface area (Å²) in [4.78, 5) is 18.3. The zero-order valence-corrected chi connectivity index (χ0v) is 11.9. The highest BCUT2D eigenvalue weighted by atomic mass is 19.4. The molecular weight excluding hydrogens is 309 g/mol. The fourth-order valence-electron chi connectivity index (χ4n) is 2.22. The van der Waals surface area contributed by atoms with Crippen molar-refractivity contribution < 1.29 is 17.9 Å². The molecule has 0 amide bonds. The van der Waals surface area contributed by atoms with Crippen molar-refractivity contribution in [1.29, 1.82) is 0 Å². The summed E-state index contributed by atoms with van der Waals surface area (Å²) in [5, 5.41) is 0.107. The average molecular weight is 320 g/mol. The molecule has 118 valence electrons. The lowest BCUT2D eigenvalue weighted by molar-refractivity contribution is -0.140. The number of alkyl halides is 3. The first-order valence-electron chi connectivity index (χ1n) is 6.64. The predicted octanol–water partition coefficient (Wildman–Crippen LogP) is 3.62. The van der Waals surface area contributed by atoms with Gasteiger partial charge in [-0.3, -0.25) is 4.79 Å². The SMILES string of the molecule is COc1ccc(-c2cc3nc(C(F)(F)F)ccc3c(=O)[nH]2)cc1. The molecule has 3 rings (SSSR count). The van der Waals surface area contributed by atoms with Crippen LogP contribution in [0.5, 0.6) is 5.75 Å². The molecule has 2 aromatic heterocycles. The van der Waals surface area contributed by atoms with Crippen LogP contribution in [-0.2, 0) is 6.18 Å². The van der Waals surface area contributed by atoms with Crippen LogP contribution in [0.25, 0.3) is 22.2 Å². The molecule has 0 radical (unpaired) electrons. The fourth-order valence-corrected chi connectivity index (χ4v) is 2.22. The van der Waals surface area contributed by atoms with E-state index < -0.39 is 17.4 Å². The molecule has 0 saturated carbocycles. The highest BCUT2D eigenvalue weighted by Gasteiger charge is 2.32. The summed E-state index contributed by atoms with van der Waals surface area (Å²) in [6.07, 6.45) is -4.56. The molecule has 0 atom stereocenters. The molecule has 1 N–H and O–H groups in total. The van der Waals surface area contributed by atoms with Crippen molar-refractivity contribution in [3.05, 3.63) is 58.5 Å². The third-order valence-corrected chi connectivity index (χ3v) is 3.39. The standard InChI is InChI=1S/C16H11F3N2O2/c1-23-10-4-2-9(3-5-10)12-8-13-11(15(22)21-12)6-7-14(20-13)16(17,18)19/h2-8H,1H3,(H,21,22). The third kappa shape index (κ3) is 2.90. The molecule has 0 aliphatic heterocycles. The molecule has 23 heavy (non-hydrogen) atoms. The summed E-state index contributed by atoms with van der Waals surface area (Å²) in [5.74, 6) is 0.634. The number of methoxy groups -OCH3 is 1. The Kier molecular flexibility index (Phi) is 3.55. The number of aromatic amines is 1. The summed E-state index contributed by atoms with van der Waals surface area (Å²) in [6.45, 7) is 0. The van der Waals surface area contributed by atoms with E-state index in [-0.39, 0.29) is 10.9 Å². The maximum atomic E-state index is 12.8. The molecule has 2 heterocycles. The van der Waals surface area contributed by atoms with E-state index in [1.807, 2.05) is 0 Å². The van der Waals surface area contributed by atoms with E-state index in [2.05, 4.69) is 9.97 Å². The van der Waals surface area contributed by atoms with Crippen LogP contribution < -0.4 is 10.3 Å². The van der Waals surface area contributed by atoms with E-state index in [0.29, 0.717) is 17.0 Å². The minimum absolute atomic E-state index is 0.00519. The van der Waals surface area contributed by atoms with Crippen LogP contribution in [-0.4, -0.2) is 17.1 Å². The van der Waals surface area contributed by atoms with Crippen molar-refractivity contribution in [2.45, 2.75) is 6.18 Å². The van der Waals surface area contributed by atoms with Gasteiger partial charge in [0.1, 0.15) is 11.4 Å². The molecule has 0 bridgehead atoms. The van der Waals surface area contributed by atoms with Gasteiger partial charge in [0.25, 0.3) is 5.56 Å². The van der Waals surface area contributed by atoms with Crippen LogP contribution in [0.4, 0.5) is 13.2 Å². The van der Waals surface area contributed by atoms with Crippen molar-refractivity contribution in [3.8, 4) is 17.0 Å². The second kappa shape index (κ2) is 5.42. The van der Waals surface area contributed by atoms with Gasteiger partial charge in [-0.2, -0.15) is 13.2 Å². The lowest BCUT2D eigenvalue weighted by Crippen LogP contribution is -2.12. The first-order valence-corrected chi connectivity index (χ1v) is 6.64. The molecular formula is C16H11F3N2O2. The number of pyridine rings is 2. The minimum Gasteiger partial charge on any atom is -0.497 e. The quantitative estimate of drug-likeness (QED) is 0.784. The zero-order chi connectivity index (χ0) is 16.6. The van der Waals surface area contributed by atoms with E-state index >= 15 is 0 Å². The molecule has 0 aliphatic rings. The van der Waals surface area contributed by atoms with E-state index in [1.54, 1.807) is 24.3 Å². The van der Waals surface area contributed by atoms with Crippen molar-refractivity contribution >= 4 is 10.9 Å². The molecule has 4 nitrogen and oxygen atoms in total. The van der Waals surface area contributed by atoms with E-state index in [1.165, 1.54) is 13.2 Å². The number of benzene rings is 1. The molecule has 0 fully saturated rings. The number of hydrogen-bond acceptors (Lipinski definition) is 3. The number of nitrogens with one attached hydrogen (secondary N) is 1. The molecule has 3 aromatic rings. The van der Waals surface area contributed by atoms with Crippen LogP contribution in [0.3, 0.4) is 0 Å². The fraction of sp³-hybridized carbons (Fsp3) is 0.125. The summed E-state index contributed by atoms with van der Waals surface area (Å²) < 4.78 is 43.3. The first-order chi connectivity index (χ1) is 10.9. The molecule has 1 aromatic carbocycles. The maximum absolute atomic E-state index is 12.8. The van der Waals surface area contributed by atoms with Gasteiger partial charge in [-0.25, -0.2) is 4.98 Å². The van der Waals surface area contributed by atoms with Gasteiger partial charge in [-0.15, -0.1) is 0 Å². The monoisotopic (exact) mass is 320 g/mol. The summed E-state index contributed by atoms with van der Waals surface area (Å²) in [6, 6.07) is 10.1. The highest BCUT2D eigenvalue weighted by Crippen LogP contribution is 2.29. The number of hydrogen-bond donors (Lipinski definition) is 1. The number of nitrogens with zero attached hydrogens (tertiary/aromatic N) is 1. The molecule has 7 heteroatoms. The molecule has 0 unspecified atom stereocenters. The van der Waals surface area contributed by atoms with Crippen molar-refractivity contribution in [2.75, 3.05) is 7.11 Å². The maximum Gasteiger partial charge on any atom is 0.433 e. The predicted molar refractivity (Wildman–Crippen MR) is 79.4 cm³/mol.